The molecule has 4 nitrogen and oxygen atoms in total. The molecule has 2 aliphatic carbocycles. The van der Waals surface area contributed by atoms with Crippen molar-refractivity contribution in [2.24, 2.45) is 23.7 Å². The van der Waals surface area contributed by atoms with E-state index >= 15 is 0 Å². The Morgan fingerprint density at radius 1 is 1.39 bits per heavy atom. The topological polar surface area (TPSA) is 55.4 Å². The molecule has 4 rings (SSSR count). The second kappa shape index (κ2) is 5.46. The zero-order chi connectivity index (χ0) is 16.5. The highest BCUT2D eigenvalue weighted by Crippen LogP contribution is 2.60. The van der Waals surface area contributed by atoms with Crippen LogP contribution in [0.15, 0.2) is 16.6 Å². The van der Waals surface area contributed by atoms with Gasteiger partial charge in [-0.15, -0.1) is 0 Å². The molecular weight excluding hydrogens is 449 g/mol. The highest BCUT2D eigenvalue weighted by molar-refractivity contribution is 9.10. The predicted molar refractivity (Wildman–Crippen MR) is 93.7 cm³/mol. The first-order valence-corrected chi connectivity index (χ1v) is 9.58. The zero-order valence-corrected chi connectivity index (χ0v) is 16.1. The molecule has 122 valence electrons. The molecule has 2 bridgehead atoms. The number of fused-ring (bicyclic) bond motifs is 1. The van der Waals surface area contributed by atoms with Crippen molar-refractivity contribution in [3.8, 4) is 0 Å². The van der Waals surface area contributed by atoms with Crippen molar-refractivity contribution in [3.63, 3.8) is 0 Å². The second-order valence-electron chi connectivity index (χ2n) is 6.53. The van der Waals surface area contributed by atoms with E-state index in [2.05, 4.69) is 37.2 Å². The van der Waals surface area contributed by atoms with E-state index in [1.165, 1.54) is 0 Å². The fourth-order valence-corrected chi connectivity index (χ4v) is 5.99. The number of aryl methyl sites for hydroxylation is 1. The third kappa shape index (κ3) is 2.29. The van der Waals surface area contributed by atoms with E-state index in [0.717, 1.165) is 16.5 Å². The molecule has 1 heterocycles. The van der Waals surface area contributed by atoms with Gasteiger partial charge in [0.1, 0.15) is 6.10 Å². The van der Waals surface area contributed by atoms with Gasteiger partial charge in [-0.1, -0.05) is 27.5 Å². The first-order valence-electron chi connectivity index (χ1n) is 7.49. The molecule has 1 aromatic rings. The third-order valence-electron chi connectivity index (χ3n) is 5.35. The summed E-state index contributed by atoms with van der Waals surface area (Å²) in [5, 5.41) is 3.50. The first kappa shape index (κ1) is 15.9. The number of esters is 1. The Morgan fingerprint density at radius 2 is 2.13 bits per heavy atom. The van der Waals surface area contributed by atoms with Gasteiger partial charge in [-0.25, -0.2) is 0 Å². The average molecular weight is 464 g/mol. The van der Waals surface area contributed by atoms with Crippen molar-refractivity contribution in [2.75, 3.05) is 5.32 Å². The first-order chi connectivity index (χ1) is 10.9. The van der Waals surface area contributed by atoms with Gasteiger partial charge in [0.25, 0.3) is 0 Å². The van der Waals surface area contributed by atoms with Crippen molar-refractivity contribution in [1.82, 2.24) is 0 Å². The summed E-state index contributed by atoms with van der Waals surface area (Å²) in [7, 11) is 0. The van der Waals surface area contributed by atoms with Crippen molar-refractivity contribution < 1.29 is 14.3 Å². The molecule has 0 radical (unpaired) electrons. The molecule has 6 atom stereocenters. The number of nitrogens with one attached hydrogen (secondary N) is 1. The van der Waals surface area contributed by atoms with Crippen LogP contribution in [-0.2, 0) is 14.3 Å². The summed E-state index contributed by atoms with van der Waals surface area (Å²) in [6, 6.07) is 3.60. The standard InChI is InChI=1S/C16H14Br2ClNO3/c1-5-2-8(17)9(19)4-10(5)20-15(21)11-6-3-7-12(11)16(22)23-14(7)13(6)18/h2,4,6-7,11-14H,3H2,1H3,(H,20,21)/t6-,7-,11-,12-,13+,14+/m1/s1. The Morgan fingerprint density at radius 3 is 2.87 bits per heavy atom. The van der Waals surface area contributed by atoms with Crippen LogP contribution >= 0.6 is 43.5 Å². The van der Waals surface area contributed by atoms with E-state index in [4.69, 9.17) is 16.3 Å². The molecular formula is C16H14Br2ClNO3. The number of ether oxygens (including phenoxy) is 1. The number of benzene rings is 1. The number of hydrogen-bond donors (Lipinski definition) is 1. The zero-order valence-electron chi connectivity index (χ0n) is 12.2. The lowest BCUT2D eigenvalue weighted by molar-refractivity contribution is -0.145. The fraction of sp³-hybridized carbons (Fsp3) is 0.500. The molecule has 1 amide bonds. The van der Waals surface area contributed by atoms with Crippen LogP contribution in [0.4, 0.5) is 5.69 Å². The highest BCUT2D eigenvalue weighted by Gasteiger charge is 2.67. The maximum atomic E-state index is 12.8. The van der Waals surface area contributed by atoms with E-state index in [0.29, 0.717) is 10.7 Å². The maximum absolute atomic E-state index is 12.8. The summed E-state index contributed by atoms with van der Waals surface area (Å²) in [4.78, 5) is 25.0. The largest absolute Gasteiger partial charge is 0.461 e. The van der Waals surface area contributed by atoms with Crippen molar-refractivity contribution in [2.45, 2.75) is 24.3 Å². The van der Waals surface area contributed by atoms with Crippen molar-refractivity contribution in [1.29, 1.82) is 0 Å². The minimum Gasteiger partial charge on any atom is -0.461 e. The average Bonchev–Trinajstić information content (AvgIpc) is 3.08. The van der Waals surface area contributed by atoms with Gasteiger partial charge in [0.2, 0.25) is 5.91 Å². The Bertz CT molecular complexity index is 726. The number of alkyl halides is 1. The van der Waals surface area contributed by atoms with Gasteiger partial charge in [0.15, 0.2) is 0 Å². The quantitative estimate of drug-likeness (QED) is 0.534. The summed E-state index contributed by atoms with van der Waals surface area (Å²) < 4.78 is 6.24. The van der Waals surface area contributed by atoms with Gasteiger partial charge in [-0.2, -0.15) is 0 Å². The molecule has 1 aliphatic heterocycles. The molecule has 1 aromatic carbocycles. The molecule has 3 aliphatic rings. The maximum Gasteiger partial charge on any atom is 0.310 e. The molecule has 23 heavy (non-hydrogen) atoms. The van der Waals surface area contributed by atoms with Gasteiger partial charge in [-0.3, -0.25) is 9.59 Å². The fourth-order valence-electron chi connectivity index (χ4n) is 4.33. The number of hydrogen-bond acceptors (Lipinski definition) is 3. The molecule has 1 saturated heterocycles. The Balaban J connectivity index is 1.61. The summed E-state index contributed by atoms with van der Waals surface area (Å²) in [5.41, 5.74) is 1.60. The van der Waals surface area contributed by atoms with Crippen molar-refractivity contribution in [3.05, 3.63) is 27.2 Å². The number of halogens is 3. The summed E-state index contributed by atoms with van der Waals surface area (Å²) >= 11 is 13.1. The lowest BCUT2D eigenvalue weighted by atomic mass is 9.79. The lowest BCUT2D eigenvalue weighted by Gasteiger charge is -2.27. The molecule has 1 N–H and O–H groups in total. The Labute approximate surface area is 155 Å². The Hall–Kier alpha value is -0.590. The van der Waals surface area contributed by atoms with Gasteiger partial charge in [0.05, 0.1) is 21.7 Å². The molecule has 0 unspecified atom stereocenters. The van der Waals surface area contributed by atoms with Crippen LogP contribution in [0.5, 0.6) is 0 Å². The highest BCUT2D eigenvalue weighted by atomic mass is 79.9. The van der Waals surface area contributed by atoms with Crippen LogP contribution in [0.25, 0.3) is 0 Å². The van der Waals surface area contributed by atoms with Gasteiger partial charge < -0.3 is 10.1 Å². The SMILES string of the molecule is Cc1cc(Br)c(Cl)cc1NC(=O)[C@@H]1[C@H]2C[C@H]3[C@H](OC(=O)[C@H]31)[C@H]2Br. The molecule has 0 spiro atoms. The van der Waals surface area contributed by atoms with Crippen LogP contribution < -0.4 is 5.32 Å². The minimum atomic E-state index is -0.336. The Kier molecular flexibility index (Phi) is 3.78. The van der Waals surface area contributed by atoms with Gasteiger partial charge in [0, 0.05) is 16.1 Å². The van der Waals surface area contributed by atoms with Crippen LogP contribution in [0.1, 0.15) is 12.0 Å². The van der Waals surface area contributed by atoms with E-state index in [9.17, 15) is 9.59 Å². The van der Waals surface area contributed by atoms with Gasteiger partial charge in [-0.05, 0) is 52.9 Å². The monoisotopic (exact) mass is 461 g/mol. The smallest absolute Gasteiger partial charge is 0.310 e. The second-order valence-corrected chi connectivity index (χ2v) is 8.85. The number of amides is 1. The summed E-state index contributed by atoms with van der Waals surface area (Å²) in [6.45, 7) is 1.91. The van der Waals surface area contributed by atoms with Crippen LogP contribution in [-0.4, -0.2) is 22.8 Å². The van der Waals surface area contributed by atoms with E-state index in [1.54, 1.807) is 6.07 Å². The van der Waals surface area contributed by atoms with E-state index < -0.39 is 0 Å². The molecule has 7 heteroatoms. The van der Waals surface area contributed by atoms with Crippen LogP contribution in [0, 0.1) is 30.6 Å². The molecule has 3 fully saturated rings. The summed E-state index contributed by atoms with van der Waals surface area (Å²) in [6.07, 6.45) is 0.806. The molecule has 2 saturated carbocycles. The van der Waals surface area contributed by atoms with E-state index in [-0.39, 0.29) is 46.5 Å². The van der Waals surface area contributed by atoms with Crippen molar-refractivity contribution >= 4 is 61.0 Å². The summed E-state index contributed by atoms with van der Waals surface area (Å²) in [5.74, 6) is -0.668. The number of carbonyl (C=O) groups is 2. The number of carbonyl (C=O) groups excluding carboxylic acids is 2. The van der Waals surface area contributed by atoms with Crippen LogP contribution in [0.3, 0.4) is 0 Å². The van der Waals surface area contributed by atoms with Gasteiger partial charge >= 0.3 is 5.97 Å². The molecule has 0 aromatic heterocycles. The predicted octanol–water partition coefficient (Wildman–Crippen LogP) is 3.92. The van der Waals surface area contributed by atoms with E-state index in [1.807, 2.05) is 13.0 Å². The normalized spacial score (nSPS) is 37.1. The lowest BCUT2D eigenvalue weighted by Crippen LogP contribution is -2.40. The number of rotatable bonds is 2. The third-order valence-corrected chi connectivity index (χ3v) is 7.75. The van der Waals surface area contributed by atoms with Crippen LogP contribution in [0.2, 0.25) is 5.02 Å². The number of anilines is 1. The minimum absolute atomic E-state index is 0.0644.